The van der Waals surface area contributed by atoms with Crippen LogP contribution < -0.4 is 11.1 Å². The molecule has 0 saturated carbocycles. The van der Waals surface area contributed by atoms with Crippen LogP contribution in [0.3, 0.4) is 0 Å². The summed E-state index contributed by atoms with van der Waals surface area (Å²) in [6, 6.07) is 9.59. The zero-order valence-corrected chi connectivity index (χ0v) is 9.27. The number of hydrogen-bond donors (Lipinski definition) is 2. The van der Waals surface area contributed by atoms with Crippen molar-refractivity contribution >= 4 is 11.8 Å². The Hall–Kier alpha value is -1.84. The average Bonchev–Trinajstić information content (AvgIpc) is 2.27. The second-order valence-electron chi connectivity index (χ2n) is 3.67. The van der Waals surface area contributed by atoms with Crippen LogP contribution in [0.1, 0.15) is 31.4 Å². The predicted molar refractivity (Wildman–Crippen MR) is 61.4 cm³/mol. The summed E-state index contributed by atoms with van der Waals surface area (Å²) in [6.07, 6.45) is 0.236. The van der Waals surface area contributed by atoms with Gasteiger partial charge in [0.15, 0.2) is 0 Å². The van der Waals surface area contributed by atoms with Gasteiger partial charge in [-0.2, -0.15) is 0 Å². The summed E-state index contributed by atoms with van der Waals surface area (Å²) in [6.45, 7) is 1.90. The molecule has 0 radical (unpaired) electrons. The first-order valence-electron chi connectivity index (χ1n) is 5.22. The summed E-state index contributed by atoms with van der Waals surface area (Å²) < 4.78 is 0. The third-order valence-electron chi connectivity index (χ3n) is 2.28. The largest absolute Gasteiger partial charge is 0.370 e. The maximum atomic E-state index is 11.4. The number of nitrogens with one attached hydrogen (secondary N) is 1. The molecule has 0 aliphatic heterocycles. The molecule has 1 unspecified atom stereocenters. The van der Waals surface area contributed by atoms with Crippen LogP contribution in [-0.4, -0.2) is 11.8 Å². The molecular formula is C12H16N2O2. The number of carbonyl (C=O) groups excluding carboxylic acids is 2. The van der Waals surface area contributed by atoms with Crippen molar-refractivity contribution in [2.45, 2.75) is 25.8 Å². The molecule has 1 aromatic rings. The fourth-order valence-electron chi connectivity index (χ4n) is 1.38. The van der Waals surface area contributed by atoms with Crippen LogP contribution in [0.15, 0.2) is 30.3 Å². The Morgan fingerprint density at radius 1 is 1.25 bits per heavy atom. The second-order valence-corrected chi connectivity index (χ2v) is 3.67. The van der Waals surface area contributed by atoms with Crippen molar-refractivity contribution in [2.24, 2.45) is 5.73 Å². The number of nitrogens with two attached hydrogens (primary N) is 1. The predicted octanol–water partition coefficient (Wildman–Crippen LogP) is 1.13. The van der Waals surface area contributed by atoms with Gasteiger partial charge in [0.1, 0.15) is 0 Å². The lowest BCUT2D eigenvalue weighted by molar-refractivity contribution is -0.125. The summed E-state index contributed by atoms with van der Waals surface area (Å²) in [5.41, 5.74) is 6.00. The van der Waals surface area contributed by atoms with E-state index in [1.165, 1.54) is 0 Å². The molecule has 1 aromatic carbocycles. The van der Waals surface area contributed by atoms with Gasteiger partial charge in [0.2, 0.25) is 11.8 Å². The van der Waals surface area contributed by atoms with Crippen LogP contribution in [0, 0.1) is 0 Å². The molecule has 1 rings (SSSR count). The van der Waals surface area contributed by atoms with Gasteiger partial charge < -0.3 is 11.1 Å². The Labute approximate surface area is 94.8 Å². The minimum absolute atomic E-state index is 0.0541. The van der Waals surface area contributed by atoms with Crippen molar-refractivity contribution in [1.29, 1.82) is 0 Å². The highest BCUT2D eigenvalue weighted by Crippen LogP contribution is 2.11. The lowest BCUT2D eigenvalue weighted by Crippen LogP contribution is -2.27. The third-order valence-corrected chi connectivity index (χ3v) is 2.28. The molecule has 0 saturated heterocycles. The van der Waals surface area contributed by atoms with Crippen molar-refractivity contribution in [3.05, 3.63) is 35.9 Å². The molecule has 2 amide bonds. The van der Waals surface area contributed by atoms with Crippen LogP contribution in [0.25, 0.3) is 0 Å². The summed E-state index contributed by atoms with van der Waals surface area (Å²) in [5, 5.41) is 2.80. The molecule has 0 aromatic heterocycles. The highest BCUT2D eigenvalue weighted by molar-refractivity contribution is 5.82. The summed E-state index contributed by atoms with van der Waals surface area (Å²) >= 11 is 0. The topological polar surface area (TPSA) is 72.2 Å². The zero-order valence-electron chi connectivity index (χ0n) is 9.27. The average molecular weight is 220 g/mol. The minimum atomic E-state index is -0.456. The van der Waals surface area contributed by atoms with E-state index in [1.54, 1.807) is 0 Å². The van der Waals surface area contributed by atoms with Crippen molar-refractivity contribution in [1.82, 2.24) is 5.32 Å². The summed E-state index contributed by atoms with van der Waals surface area (Å²) in [4.78, 5) is 21.9. The molecule has 0 bridgehead atoms. The van der Waals surface area contributed by atoms with Gasteiger partial charge in [-0.25, -0.2) is 0 Å². The summed E-state index contributed by atoms with van der Waals surface area (Å²) in [7, 11) is 0. The molecule has 0 aliphatic carbocycles. The van der Waals surface area contributed by atoms with Crippen LogP contribution in [0.5, 0.6) is 0 Å². The molecule has 0 aliphatic rings. The number of amides is 2. The van der Waals surface area contributed by atoms with Crippen molar-refractivity contribution in [2.75, 3.05) is 0 Å². The highest BCUT2D eigenvalue weighted by Gasteiger charge is 2.09. The van der Waals surface area contributed by atoms with E-state index in [2.05, 4.69) is 5.32 Å². The fourth-order valence-corrected chi connectivity index (χ4v) is 1.38. The number of carbonyl (C=O) groups is 2. The van der Waals surface area contributed by atoms with Gasteiger partial charge >= 0.3 is 0 Å². The third kappa shape index (κ3) is 4.13. The van der Waals surface area contributed by atoms with Crippen LogP contribution in [0.2, 0.25) is 0 Å². The van der Waals surface area contributed by atoms with E-state index in [-0.39, 0.29) is 24.8 Å². The maximum Gasteiger partial charge on any atom is 0.220 e. The van der Waals surface area contributed by atoms with Gasteiger partial charge in [-0.1, -0.05) is 30.3 Å². The lowest BCUT2D eigenvalue weighted by atomic mass is 10.1. The Kier molecular flexibility index (Phi) is 4.51. The normalized spacial score (nSPS) is 11.8. The first-order chi connectivity index (χ1) is 7.59. The minimum Gasteiger partial charge on any atom is -0.370 e. The van der Waals surface area contributed by atoms with Gasteiger partial charge in [-0.3, -0.25) is 9.59 Å². The lowest BCUT2D eigenvalue weighted by Gasteiger charge is -2.13. The van der Waals surface area contributed by atoms with Gasteiger partial charge in [-0.05, 0) is 12.5 Å². The van der Waals surface area contributed by atoms with E-state index >= 15 is 0 Å². The first-order valence-corrected chi connectivity index (χ1v) is 5.22. The molecule has 4 heteroatoms. The number of benzene rings is 1. The van der Waals surface area contributed by atoms with E-state index in [1.807, 2.05) is 37.3 Å². The van der Waals surface area contributed by atoms with E-state index in [9.17, 15) is 9.59 Å². The monoisotopic (exact) mass is 220 g/mol. The van der Waals surface area contributed by atoms with Crippen LogP contribution in [0.4, 0.5) is 0 Å². The molecule has 86 valence electrons. The molecule has 0 fully saturated rings. The van der Waals surface area contributed by atoms with Crippen LogP contribution in [-0.2, 0) is 9.59 Å². The van der Waals surface area contributed by atoms with E-state index < -0.39 is 5.91 Å². The van der Waals surface area contributed by atoms with E-state index in [0.29, 0.717) is 0 Å². The second kappa shape index (κ2) is 5.90. The smallest absolute Gasteiger partial charge is 0.220 e. The quantitative estimate of drug-likeness (QED) is 0.780. The molecule has 16 heavy (non-hydrogen) atoms. The Balaban J connectivity index is 2.43. The first kappa shape index (κ1) is 12.2. The Bertz CT molecular complexity index is 363. The van der Waals surface area contributed by atoms with Gasteiger partial charge in [-0.15, -0.1) is 0 Å². The van der Waals surface area contributed by atoms with E-state index in [0.717, 1.165) is 5.56 Å². The van der Waals surface area contributed by atoms with Crippen molar-refractivity contribution in [3.63, 3.8) is 0 Å². The molecular weight excluding hydrogens is 204 g/mol. The number of rotatable bonds is 5. The molecule has 0 heterocycles. The van der Waals surface area contributed by atoms with Gasteiger partial charge in [0, 0.05) is 12.8 Å². The SMILES string of the molecule is CC(NC(=O)CCC(N)=O)c1ccccc1. The van der Waals surface area contributed by atoms with Crippen molar-refractivity contribution in [3.8, 4) is 0 Å². The summed E-state index contributed by atoms with van der Waals surface area (Å²) in [5.74, 6) is -0.613. The highest BCUT2D eigenvalue weighted by atomic mass is 16.2. The standard InChI is InChI=1S/C12H16N2O2/c1-9(10-5-3-2-4-6-10)14-12(16)8-7-11(13)15/h2-6,9H,7-8H2,1H3,(H2,13,15)(H,14,16). The zero-order chi connectivity index (χ0) is 12.0. The van der Waals surface area contributed by atoms with Crippen LogP contribution >= 0.6 is 0 Å². The molecule has 3 N–H and O–H groups in total. The number of primary amides is 1. The van der Waals surface area contributed by atoms with Gasteiger partial charge in [0.25, 0.3) is 0 Å². The fraction of sp³-hybridized carbons (Fsp3) is 0.333. The molecule has 1 atom stereocenters. The van der Waals surface area contributed by atoms with Crippen molar-refractivity contribution < 1.29 is 9.59 Å². The Morgan fingerprint density at radius 2 is 1.88 bits per heavy atom. The van der Waals surface area contributed by atoms with E-state index in [4.69, 9.17) is 5.73 Å². The molecule has 4 nitrogen and oxygen atoms in total. The number of hydrogen-bond acceptors (Lipinski definition) is 2. The maximum absolute atomic E-state index is 11.4. The molecule has 0 spiro atoms. The Morgan fingerprint density at radius 3 is 2.44 bits per heavy atom. The van der Waals surface area contributed by atoms with Gasteiger partial charge in [0.05, 0.1) is 6.04 Å².